The van der Waals surface area contributed by atoms with Gasteiger partial charge in [0.25, 0.3) is 0 Å². The Morgan fingerprint density at radius 1 is 0.304 bits per heavy atom. The first-order valence-electron chi connectivity index (χ1n) is 29.1. The van der Waals surface area contributed by atoms with Gasteiger partial charge in [0.05, 0.1) is 0 Å². The van der Waals surface area contributed by atoms with Gasteiger partial charge in [-0.25, -0.2) is 0 Å². The molecular formula is C63H108O6. The third-order valence-corrected chi connectivity index (χ3v) is 12.4. The number of allylic oxidation sites excluding steroid dienone is 14. The fourth-order valence-corrected chi connectivity index (χ4v) is 8.00. The molecule has 0 bridgehead atoms. The number of unbranched alkanes of at least 4 members (excludes halogenated alkanes) is 27. The van der Waals surface area contributed by atoms with Gasteiger partial charge in [0.15, 0.2) is 6.10 Å². The maximum absolute atomic E-state index is 12.8. The van der Waals surface area contributed by atoms with Gasteiger partial charge in [-0.15, -0.1) is 0 Å². The van der Waals surface area contributed by atoms with E-state index in [1.807, 2.05) is 0 Å². The molecular weight excluding hydrogens is 853 g/mol. The fraction of sp³-hybridized carbons (Fsp3) is 0.730. The molecule has 6 nitrogen and oxygen atoms in total. The van der Waals surface area contributed by atoms with Crippen molar-refractivity contribution in [1.82, 2.24) is 0 Å². The number of esters is 3. The van der Waals surface area contributed by atoms with E-state index in [4.69, 9.17) is 14.2 Å². The maximum Gasteiger partial charge on any atom is 0.306 e. The second-order valence-electron chi connectivity index (χ2n) is 19.2. The molecule has 0 radical (unpaired) electrons. The van der Waals surface area contributed by atoms with E-state index in [0.717, 1.165) is 89.9 Å². The minimum Gasteiger partial charge on any atom is -0.462 e. The highest BCUT2D eigenvalue weighted by Gasteiger charge is 2.19. The van der Waals surface area contributed by atoms with Crippen molar-refractivity contribution in [3.8, 4) is 0 Å². The molecule has 1 atom stereocenters. The zero-order valence-corrected chi connectivity index (χ0v) is 45.3. The van der Waals surface area contributed by atoms with Crippen LogP contribution in [0.1, 0.15) is 278 Å². The van der Waals surface area contributed by atoms with E-state index in [2.05, 4.69) is 106 Å². The van der Waals surface area contributed by atoms with Crippen LogP contribution in [0.25, 0.3) is 0 Å². The largest absolute Gasteiger partial charge is 0.462 e. The highest BCUT2D eigenvalue weighted by Crippen LogP contribution is 2.15. The highest BCUT2D eigenvalue weighted by atomic mass is 16.6. The van der Waals surface area contributed by atoms with Crippen molar-refractivity contribution in [1.29, 1.82) is 0 Å². The number of hydrogen-bond acceptors (Lipinski definition) is 6. The van der Waals surface area contributed by atoms with Crippen LogP contribution in [0.2, 0.25) is 0 Å². The standard InChI is InChI=1S/C63H108O6/c1-4-7-10-13-16-19-22-25-27-29-30-31-32-34-36-39-41-44-47-50-53-56-62(65)68-59-60(69-63(66)57-54-51-48-45-42-37-24-21-18-15-12-9-6-3)58-67-61(64)55-52-49-46-43-40-38-35-33-28-26-23-20-17-14-11-8-5-2/h8,11,17,20-21,24-28,35,38,43,46,60H,4-7,9-10,12-16,18-19,22-23,29-34,36-37,39-42,44-45,47-59H2,1-3H3/b11-8-,20-17-,24-21-,27-25-,28-26-,38-35-,46-43-/t60-/m1/s1. The monoisotopic (exact) mass is 961 g/mol. The molecule has 0 rings (SSSR count). The Morgan fingerprint density at radius 3 is 0.971 bits per heavy atom. The van der Waals surface area contributed by atoms with Gasteiger partial charge >= 0.3 is 17.9 Å². The van der Waals surface area contributed by atoms with E-state index < -0.39 is 6.10 Å². The summed E-state index contributed by atoms with van der Waals surface area (Å²) >= 11 is 0. The van der Waals surface area contributed by atoms with Gasteiger partial charge in [0.2, 0.25) is 0 Å². The van der Waals surface area contributed by atoms with E-state index in [1.54, 1.807) is 0 Å². The van der Waals surface area contributed by atoms with E-state index in [-0.39, 0.29) is 37.5 Å². The second kappa shape index (κ2) is 57.2. The van der Waals surface area contributed by atoms with Crippen molar-refractivity contribution in [3.05, 3.63) is 85.1 Å². The Labute approximate surface area is 426 Å². The van der Waals surface area contributed by atoms with Crippen LogP contribution in [-0.2, 0) is 28.6 Å². The first-order valence-corrected chi connectivity index (χ1v) is 29.1. The smallest absolute Gasteiger partial charge is 0.306 e. The van der Waals surface area contributed by atoms with Crippen molar-refractivity contribution >= 4 is 17.9 Å². The molecule has 0 aromatic heterocycles. The number of rotatable bonds is 52. The lowest BCUT2D eigenvalue weighted by atomic mass is 10.0. The van der Waals surface area contributed by atoms with Crippen LogP contribution in [0.15, 0.2) is 85.1 Å². The minimum atomic E-state index is -0.804. The molecule has 0 heterocycles. The molecule has 0 aliphatic heterocycles. The van der Waals surface area contributed by atoms with Gasteiger partial charge in [-0.2, -0.15) is 0 Å². The van der Waals surface area contributed by atoms with Crippen LogP contribution in [0.4, 0.5) is 0 Å². The molecule has 0 aliphatic rings. The summed E-state index contributed by atoms with van der Waals surface area (Å²) in [5.41, 5.74) is 0. The predicted molar refractivity (Wildman–Crippen MR) is 297 cm³/mol. The van der Waals surface area contributed by atoms with Crippen LogP contribution in [0, 0.1) is 0 Å². The number of ether oxygens (including phenoxy) is 3. The SMILES string of the molecule is CC/C=C\C/C=C\C/C=C\C/C=C\C/C=C\CCCC(=O)OC[C@H](COC(=O)CCCCCCCCCCCCC/C=C\CCCCCCCC)OC(=O)CCCCCCC/C=C\CCCCCC. The summed E-state index contributed by atoms with van der Waals surface area (Å²) in [7, 11) is 0. The van der Waals surface area contributed by atoms with Crippen LogP contribution in [0.3, 0.4) is 0 Å². The molecule has 0 spiro atoms. The molecule has 0 saturated carbocycles. The summed E-state index contributed by atoms with van der Waals surface area (Å²) in [6, 6.07) is 0. The van der Waals surface area contributed by atoms with Crippen molar-refractivity contribution in [2.45, 2.75) is 284 Å². The summed E-state index contributed by atoms with van der Waals surface area (Å²) < 4.78 is 16.8. The molecule has 0 N–H and O–H groups in total. The topological polar surface area (TPSA) is 78.9 Å². The highest BCUT2D eigenvalue weighted by molar-refractivity contribution is 5.71. The molecule has 0 aliphatic carbocycles. The number of carbonyl (C=O) groups excluding carboxylic acids is 3. The third-order valence-electron chi connectivity index (χ3n) is 12.4. The molecule has 69 heavy (non-hydrogen) atoms. The van der Waals surface area contributed by atoms with Crippen LogP contribution < -0.4 is 0 Å². The average Bonchev–Trinajstić information content (AvgIpc) is 3.35. The lowest BCUT2D eigenvalue weighted by Gasteiger charge is -2.18. The van der Waals surface area contributed by atoms with Gasteiger partial charge < -0.3 is 14.2 Å². The molecule has 0 fully saturated rings. The third kappa shape index (κ3) is 55.4. The van der Waals surface area contributed by atoms with Gasteiger partial charge in [-0.3, -0.25) is 14.4 Å². The Bertz CT molecular complexity index is 1330. The summed E-state index contributed by atoms with van der Waals surface area (Å²) in [5, 5.41) is 0. The normalized spacial score (nSPS) is 12.7. The first-order chi connectivity index (χ1) is 34.0. The summed E-state index contributed by atoms with van der Waals surface area (Å²) in [5.74, 6) is -0.962. The Hall–Kier alpha value is -3.41. The summed E-state index contributed by atoms with van der Waals surface area (Å²) in [6.07, 6.45) is 74.4. The quantitative estimate of drug-likeness (QED) is 0.0262. The molecule has 396 valence electrons. The van der Waals surface area contributed by atoms with Gasteiger partial charge in [-0.1, -0.05) is 234 Å². The summed E-state index contributed by atoms with van der Waals surface area (Å²) in [4.78, 5) is 38.1. The van der Waals surface area contributed by atoms with E-state index in [9.17, 15) is 14.4 Å². The first kappa shape index (κ1) is 65.6. The molecule has 0 aromatic rings. The average molecular weight is 962 g/mol. The Kier molecular flexibility index (Phi) is 54.3. The van der Waals surface area contributed by atoms with Crippen LogP contribution in [0.5, 0.6) is 0 Å². The lowest BCUT2D eigenvalue weighted by Crippen LogP contribution is -2.30. The van der Waals surface area contributed by atoms with E-state index >= 15 is 0 Å². The van der Waals surface area contributed by atoms with Crippen molar-refractivity contribution in [2.24, 2.45) is 0 Å². The lowest BCUT2D eigenvalue weighted by molar-refractivity contribution is -0.167. The fourth-order valence-electron chi connectivity index (χ4n) is 8.00. The van der Waals surface area contributed by atoms with Gasteiger partial charge in [-0.05, 0) is 109 Å². The second-order valence-corrected chi connectivity index (χ2v) is 19.2. The Morgan fingerprint density at radius 2 is 0.580 bits per heavy atom. The van der Waals surface area contributed by atoms with Crippen molar-refractivity contribution in [3.63, 3.8) is 0 Å². The maximum atomic E-state index is 12.8. The van der Waals surface area contributed by atoms with E-state index in [0.29, 0.717) is 19.3 Å². The molecule has 0 saturated heterocycles. The molecule has 0 aromatic carbocycles. The minimum absolute atomic E-state index is 0.0973. The zero-order chi connectivity index (χ0) is 50.0. The van der Waals surface area contributed by atoms with Crippen molar-refractivity contribution < 1.29 is 28.6 Å². The summed E-state index contributed by atoms with van der Waals surface area (Å²) in [6.45, 7) is 6.47. The van der Waals surface area contributed by atoms with Crippen LogP contribution >= 0.6 is 0 Å². The Balaban J connectivity index is 4.40. The number of carbonyl (C=O) groups is 3. The molecule has 6 heteroatoms. The van der Waals surface area contributed by atoms with Crippen LogP contribution in [-0.4, -0.2) is 37.2 Å². The predicted octanol–water partition coefficient (Wildman–Crippen LogP) is 19.5. The zero-order valence-electron chi connectivity index (χ0n) is 45.3. The van der Waals surface area contributed by atoms with Crippen molar-refractivity contribution in [2.75, 3.05) is 13.2 Å². The molecule has 0 unspecified atom stereocenters. The van der Waals surface area contributed by atoms with Gasteiger partial charge in [0.1, 0.15) is 13.2 Å². The number of hydrogen-bond donors (Lipinski definition) is 0. The molecule has 0 amide bonds. The van der Waals surface area contributed by atoms with Gasteiger partial charge in [0, 0.05) is 19.3 Å². The van der Waals surface area contributed by atoms with E-state index in [1.165, 1.54) is 141 Å².